The maximum atomic E-state index is 11.7. The van der Waals surface area contributed by atoms with Crippen molar-refractivity contribution in [1.29, 1.82) is 0 Å². The number of carbonyl (C=O) groups excluding carboxylic acids is 1. The van der Waals surface area contributed by atoms with Crippen molar-refractivity contribution < 1.29 is 14.3 Å². The van der Waals surface area contributed by atoms with Crippen molar-refractivity contribution in [3.8, 4) is 0 Å². The molecule has 1 heterocycles. The summed E-state index contributed by atoms with van der Waals surface area (Å²) < 4.78 is 9.93. The molecule has 0 aromatic heterocycles. The number of benzene rings is 1. The zero-order valence-corrected chi connectivity index (χ0v) is 10.5. The summed E-state index contributed by atoms with van der Waals surface area (Å²) in [4.78, 5) is 11.7. The van der Waals surface area contributed by atoms with Crippen LogP contribution in [-0.4, -0.2) is 18.9 Å². The summed E-state index contributed by atoms with van der Waals surface area (Å²) in [5.41, 5.74) is 3.04. The second kappa shape index (κ2) is 4.88. The predicted molar refractivity (Wildman–Crippen MR) is 64.9 cm³/mol. The van der Waals surface area contributed by atoms with Crippen LogP contribution in [0.15, 0.2) is 18.2 Å². The Morgan fingerprint density at radius 2 is 2.24 bits per heavy atom. The highest BCUT2D eigenvalue weighted by Crippen LogP contribution is 2.18. The molecule has 1 aliphatic rings. The molecule has 0 radical (unpaired) electrons. The fourth-order valence-corrected chi connectivity index (χ4v) is 1.79. The third kappa shape index (κ3) is 3.30. The first-order valence-corrected chi connectivity index (χ1v) is 5.98. The fraction of sp³-hybridized carbons (Fsp3) is 0.500. The summed E-state index contributed by atoms with van der Waals surface area (Å²) in [7, 11) is 0. The van der Waals surface area contributed by atoms with Crippen molar-refractivity contribution in [2.24, 2.45) is 5.92 Å². The van der Waals surface area contributed by atoms with Crippen molar-refractivity contribution in [2.75, 3.05) is 6.61 Å². The fourth-order valence-electron chi connectivity index (χ4n) is 1.79. The van der Waals surface area contributed by atoms with Gasteiger partial charge in [-0.05, 0) is 42.5 Å². The van der Waals surface area contributed by atoms with Crippen LogP contribution in [0.4, 0.5) is 0 Å². The van der Waals surface area contributed by atoms with E-state index >= 15 is 0 Å². The highest BCUT2D eigenvalue weighted by molar-refractivity contribution is 5.89. The van der Waals surface area contributed by atoms with Crippen LogP contribution in [0.25, 0.3) is 0 Å². The molecule has 0 saturated carbocycles. The van der Waals surface area contributed by atoms with E-state index in [0.717, 1.165) is 12.0 Å². The van der Waals surface area contributed by atoms with Crippen LogP contribution in [0.3, 0.4) is 0 Å². The molecule has 1 aromatic carbocycles. The minimum Gasteiger partial charge on any atom is -0.430 e. The first-order valence-electron chi connectivity index (χ1n) is 5.98. The Labute approximate surface area is 102 Å². The van der Waals surface area contributed by atoms with Gasteiger partial charge >= 0.3 is 5.97 Å². The summed E-state index contributed by atoms with van der Waals surface area (Å²) in [5, 5.41) is 0. The smallest absolute Gasteiger partial charge is 0.340 e. The first kappa shape index (κ1) is 12.1. The van der Waals surface area contributed by atoms with Crippen LogP contribution in [-0.2, 0) is 15.9 Å². The topological polar surface area (TPSA) is 38.8 Å². The van der Waals surface area contributed by atoms with Crippen LogP contribution in [0.1, 0.15) is 35.3 Å². The lowest BCUT2D eigenvalue weighted by molar-refractivity contribution is 0.0297. The molecule has 17 heavy (non-hydrogen) atoms. The van der Waals surface area contributed by atoms with Crippen molar-refractivity contribution in [3.05, 3.63) is 34.9 Å². The molecule has 0 spiro atoms. The van der Waals surface area contributed by atoms with Crippen LogP contribution >= 0.6 is 0 Å². The number of aryl methyl sites for hydroxylation is 1. The molecular formula is C14H18O3. The maximum Gasteiger partial charge on any atom is 0.340 e. The van der Waals surface area contributed by atoms with E-state index in [-0.39, 0.29) is 12.3 Å². The van der Waals surface area contributed by atoms with E-state index in [9.17, 15) is 4.79 Å². The molecule has 0 amide bonds. The van der Waals surface area contributed by atoms with Crippen LogP contribution in [0.5, 0.6) is 0 Å². The predicted octanol–water partition coefficient (Wildman–Crippen LogP) is 2.71. The van der Waals surface area contributed by atoms with Gasteiger partial charge in [0.2, 0.25) is 6.29 Å². The number of hydrogen-bond donors (Lipinski definition) is 0. The van der Waals surface area contributed by atoms with Gasteiger partial charge in [-0.1, -0.05) is 19.9 Å². The van der Waals surface area contributed by atoms with E-state index in [4.69, 9.17) is 9.47 Å². The van der Waals surface area contributed by atoms with Gasteiger partial charge in [-0.25, -0.2) is 4.79 Å². The quantitative estimate of drug-likeness (QED) is 0.594. The van der Waals surface area contributed by atoms with Gasteiger partial charge in [0.25, 0.3) is 0 Å². The van der Waals surface area contributed by atoms with E-state index in [1.54, 1.807) is 0 Å². The van der Waals surface area contributed by atoms with Crippen LogP contribution < -0.4 is 0 Å². The Hall–Kier alpha value is -1.35. The molecule has 1 saturated heterocycles. The van der Waals surface area contributed by atoms with E-state index in [1.807, 2.05) is 25.1 Å². The van der Waals surface area contributed by atoms with Crippen molar-refractivity contribution in [3.63, 3.8) is 0 Å². The molecule has 92 valence electrons. The Morgan fingerprint density at radius 3 is 2.76 bits per heavy atom. The van der Waals surface area contributed by atoms with Gasteiger partial charge < -0.3 is 9.47 Å². The summed E-state index contributed by atoms with van der Waals surface area (Å²) in [6.07, 6.45) is 0.713. The zero-order chi connectivity index (χ0) is 12.4. The molecule has 0 bridgehead atoms. The Balaban J connectivity index is 2.08. The summed E-state index contributed by atoms with van der Waals surface area (Å²) in [5.74, 6) is 0.318. The third-order valence-corrected chi connectivity index (χ3v) is 2.75. The second-order valence-corrected chi connectivity index (χ2v) is 4.91. The number of epoxide rings is 1. The minimum absolute atomic E-state index is 0.299. The molecular weight excluding hydrogens is 216 g/mol. The molecule has 3 nitrogen and oxygen atoms in total. The van der Waals surface area contributed by atoms with Gasteiger partial charge in [0.15, 0.2) is 0 Å². The molecule has 3 heteroatoms. The summed E-state index contributed by atoms with van der Waals surface area (Å²) in [6, 6.07) is 5.73. The van der Waals surface area contributed by atoms with Gasteiger partial charge in [0.1, 0.15) is 6.61 Å². The third-order valence-electron chi connectivity index (χ3n) is 2.75. The van der Waals surface area contributed by atoms with Gasteiger partial charge in [-0.15, -0.1) is 0 Å². The number of ether oxygens (including phenoxy) is 2. The van der Waals surface area contributed by atoms with Gasteiger partial charge in [-0.3, -0.25) is 0 Å². The average molecular weight is 234 g/mol. The summed E-state index contributed by atoms with van der Waals surface area (Å²) >= 11 is 0. The lowest BCUT2D eigenvalue weighted by atomic mass is 9.97. The van der Waals surface area contributed by atoms with Gasteiger partial charge in [0, 0.05) is 0 Å². The van der Waals surface area contributed by atoms with Crippen molar-refractivity contribution in [2.45, 2.75) is 33.5 Å². The monoisotopic (exact) mass is 234 g/mol. The highest BCUT2D eigenvalue weighted by Gasteiger charge is 2.27. The van der Waals surface area contributed by atoms with E-state index in [1.165, 1.54) is 5.56 Å². The lowest BCUT2D eigenvalue weighted by Crippen LogP contribution is -2.08. The van der Waals surface area contributed by atoms with E-state index in [2.05, 4.69) is 13.8 Å². The zero-order valence-electron chi connectivity index (χ0n) is 10.5. The number of hydrogen-bond acceptors (Lipinski definition) is 3. The standard InChI is InChI=1S/C14H18O3/c1-9(2)6-11-4-5-12(7-10(11)3)14(15)17-13-8-16-13/h4-5,7,9,13H,6,8H2,1-3H3. The molecule has 1 unspecified atom stereocenters. The second-order valence-electron chi connectivity index (χ2n) is 4.91. The van der Waals surface area contributed by atoms with E-state index in [0.29, 0.717) is 18.1 Å². The van der Waals surface area contributed by atoms with E-state index < -0.39 is 0 Å². The lowest BCUT2D eigenvalue weighted by Gasteiger charge is -2.10. The van der Waals surface area contributed by atoms with Crippen LogP contribution in [0, 0.1) is 12.8 Å². The van der Waals surface area contributed by atoms with Crippen molar-refractivity contribution in [1.82, 2.24) is 0 Å². The largest absolute Gasteiger partial charge is 0.430 e. The Kier molecular flexibility index (Phi) is 3.48. The maximum absolute atomic E-state index is 11.7. The average Bonchev–Trinajstić information content (AvgIpc) is 3.04. The molecule has 0 N–H and O–H groups in total. The Morgan fingerprint density at radius 1 is 1.53 bits per heavy atom. The SMILES string of the molecule is Cc1cc(C(=O)OC2CO2)ccc1CC(C)C. The van der Waals surface area contributed by atoms with Gasteiger partial charge in [0.05, 0.1) is 5.56 Å². The molecule has 1 fully saturated rings. The highest BCUT2D eigenvalue weighted by atomic mass is 16.8. The summed E-state index contributed by atoms with van der Waals surface area (Å²) in [6.45, 7) is 6.93. The molecule has 0 aliphatic carbocycles. The molecule has 1 aliphatic heterocycles. The number of rotatable bonds is 4. The van der Waals surface area contributed by atoms with Gasteiger partial charge in [-0.2, -0.15) is 0 Å². The number of carbonyl (C=O) groups is 1. The molecule has 2 rings (SSSR count). The number of esters is 1. The first-order chi connectivity index (χ1) is 8.06. The molecule has 1 atom stereocenters. The van der Waals surface area contributed by atoms with Crippen molar-refractivity contribution >= 4 is 5.97 Å². The van der Waals surface area contributed by atoms with Crippen LogP contribution in [0.2, 0.25) is 0 Å². The Bertz CT molecular complexity index is 419. The minimum atomic E-state index is -0.321. The normalized spacial score (nSPS) is 18.2. The molecule has 1 aromatic rings.